The Bertz CT molecular complexity index is 1360. The third-order valence-electron chi connectivity index (χ3n) is 10.8. The number of hydrogen-bond donors (Lipinski definition) is 0. The summed E-state index contributed by atoms with van der Waals surface area (Å²) < 4.78 is 16.7. The third-order valence-corrected chi connectivity index (χ3v) is 10.8. The molecule has 0 heterocycles. The topological polar surface area (TPSA) is 78.9 Å². The molecule has 368 valence electrons. The van der Waals surface area contributed by atoms with Gasteiger partial charge in [-0.2, -0.15) is 0 Å². The van der Waals surface area contributed by atoms with Crippen LogP contribution < -0.4 is 0 Å². The molecular formula is C59H96O6. The second-order valence-corrected chi connectivity index (χ2v) is 17.0. The molecule has 0 saturated carbocycles. The molecule has 0 saturated heterocycles. The van der Waals surface area contributed by atoms with E-state index in [2.05, 4.69) is 112 Å². The monoisotopic (exact) mass is 901 g/mol. The zero-order valence-electron chi connectivity index (χ0n) is 42.0. The van der Waals surface area contributed by atoms with Gasteiger partial charge in [0.1, 0.15) is 13.2 Å². The van der Waals surface area contributed by atoms with Gasteiger partial charge in [0.05, 0.1) is 0 Å². The van der Waals surface area contributed by atoms with E-state index in [-0.39, 0.29) is 44.0 Å². The van der Waals surface area contributed by atoms with E-state index < -0.39 is 6.10 Å². The number of esters is 3. The molecule has 0 bridgehead atoms. The molecule has 6 nitrogen and oxygen atoms in total. The second kappa shape index (κ2) is 52.7. The van der Waals surface area contributed by atoms with E-state index in [4.69, 9.17) is 14.2 Å². The molecule has 0 amide bonds. The number of allylic oxidation sites excluding steroid dienone is 18. The van der Waals surface area contributed by atoms with Gasteiger partial charge in [0.15, 0.2) is 6.10 Å². The number of hydrogen-bond acceptors (Lipinski definition) is 6. The van der Waals surface area contributed by atoms with Gasteiger partial charge in [0.25, 0.3) is 0 Å². The summed E-state index contributed by atoms with van der Waals surface area (Å²) in [5.41, 5.74) is 0. The van der Waals surface area contributed by atoms with Crippen molar-refractivity contribution in [3.05, 3.63) is 109 Å². The Labute approximate surface area is 400 Å². The van der Waals surface area contributed by atoms with Crippen molar-refractivity contribution in [2.24, 2.45) is 0 Å². The molecule has 0 aromatic rings. The van der Waals surface area contributed by atoms with Crippen molar-refractivity contribution in [2.75, 3.05) is 13.2 Å². The second-order valence-electron chi connectivity index (χ2n) is 17.0. The molecule has 0 aliphatic heterocycles. The van der Waals surface area contributed by atoms with Crippen molar-refractivity contribution in [1.29, 1.82) is 0 Å². The van der Waals surface area contributed by atoms with Crippen LogP contribution in [-0.4, -0.2) is 37.2 Å². The van der Waals surface area contributed by atoms with Gasteiger partial charge in [-0.3, -0.25) is 14.4 Å². The molecule has 0 aromatic carbocycles. The van der Waals surface area contributed by atoms with Gasteiger partial charge in [0, 0.05) is 19.3 Å². The fourth-order valence-electron chi connectivity index (χ4n) is 6.81. The lowest BCUT2D eigenvalue weighted by atomic mass is 10.1. The Morgan fingerprint density at radius 2 is 0.631 bits per heavy atom. The van der Waals surface area contributed by atoms with E-state index >= 15 is 0 Å². The first kappa shape index (κ1) is 61.1. The molecule has 1 atom stereocenters. The summed E-state index contributed by atoms with van der Waals surface area (Å²) in [5, 5.41) is 0. The number of ether oxygens (including phenoxy) is 3. The van der Waals surface area contributed by atoms with E-state index in [1.165, 1.54) is 103 Å². The van der Waals surface area contributed by atoms with E-state index in [1.807, 2.05) is 18.2 Å². The third kappa shape index (κ3) is 50.9. The van der Waals surface area contributed by atoms with Gasteiger partial charge < -0.3 is 14.2 Å². The first-order valence-electron chi connectivity index (χ1n) is 26.4. The predicted molar refractivity (Wildman–Crippen MR) is 279 cm³/mol. The maximum Gasteiger partial charge on any atom is 0.306 e. The molecule has 0 rings (SSSR count). The van der Waals surface area contributed by atoms with Gasteiger partial charge in [-0.15, -0.1) is 0 Å². The SMILES string of the molecule is CC/C=C\C/C=C\C/C=C\C/C=C\C/C=C\C/C=C\CCC(=O)OCC(COC(=O)CC/C=C\C/C=C\CCCCCCCC)OC(=O)CCCCCCCCC/C=C\CCCCCC. The Morgan fingerprint density at radius 3 is 1.03 bits per heavy atom. The Kier molecular flexibility index (Phi) is 49.5. The highest BCUT2D eigenvalue weighted by Gasteiger charge is 2.19. The number of unbranched alkanes of at least 4 members (excludes halogenated alkanes) is 17. The highest BCUT2D eigenvalue weighted by atomic mass is 16.6. The van der Waals surface area contributed by atoms with Crippen molar-refractivity contribution in [1.82, 2.24) is 0 Å². The van der Waals surface area contributed by atoms with Crippen molar-refractivity contribution in [3.8, 4) is 0 Å². The van der Waals surface area contributed by atoms with Crippen LogP contribution in [0.4, 0.5) is 0 Å². The molecule has 1 unspecified atom stereocenters. The Morgan fingerprint density at radius 1 is 0.323 bits per heavy atom. The van der Waals surface area contributed by atoms with E-state index in [1.54, 1.807) is 0 Å². The van der Waals surface area contributed by atoms with Crippen LogP contribution in [0.5, 0.6) is 0 Å². The predicted octanol–water partition coefficient (Wildman–Crippen LogP) is 17.5. The quantitative estimate of drug-likeness (QED) is 0.0262. The summed E-state index contributed by atoms with van der Waals surface area (Å²) in [6.07, 6.45) is 71.0. The van der Waals surface area contributed by atoms with Crippen LogP contribution in [0.25, 0.3) is 0 Å². The molecule has 0 N–H and O–H groups in total. The largest absolute Gasteiger partial charge is 0.462 e. The van der Waals surface area contributed by atoms with Gasteiger partial charge in [-0.25, -0.2) is 0 Å². The maximum absolute atomic E-state index is 12.8. The summed E-state index contributed by atoms with van der Waals surface area (Å²) in [6.45, 7) is 6.37. The van der Waals surface area contributed by atoms with Gasteiger partial charge >= 0.3 is 17.9 Å². The minimum Gasteiger partial charge on any atom is -0.462 e. The zero-order chi connectivity index (χ0) is 47.2. The van der Waals surface area contributed by atoms with Gasteiger partial charge in [0.2, 0.25) is 0 Å². The fourth-order valence-corrected chi connectivity index (χ4v) is 6.81. The summed E-state index contributed by atoms with van der Waals surface area (Å²) in [4.78, 5) is 37.9. The molecule has 65 heavy (non-hydrogen) atoms. The van der Waals surface area contributed by atoms with Crippen molar-refractivity contribution in [3.63, 3.8) is 0 Å². The molecular weight excluding hydrogens is 805 g/mol. The summed E-state index contributed by atoms with van der Waals surface area (Å²) in [7, 11) is 0. The molecule has 0 radical (unpaired) electrons. The van der Waals surface area contributed by atoms with Gasteiger partial charge in [-0.05, 0) is 103 Å². The standard InChI is InChI=1S/C59H96O6/c1-4-7-10-13-16-19-22-25-27-28-29-30-32-34-37-40-43-46-49-52-58(61)64-55-56(54-63-57(60)51-48-45-42-39-36-33-24-21-18-15-12-9-6-3)65-59(62)53-50-47-44-41-38-35-31-26-23-20-17-14-11-8-5-2/h7,10,16,19-20,23,25,27,29-30,33-34,36-37,42-43,45-46,56H,4-6,8-9,11-15,17-18,21-22,24,26,28,31-32,35,38-41,44,47-55H2,1-3H3/b10-7-,19-16-,23-20-,27-25-,30-29-,36-33-,37-34-,45-42-,46-43-. The van der Waals surface area contributed by atoms with E-state index in [0.29, 0.717) is 19.3 Å². The van der Waals surface area contributed by atoms with Crippen LogP contribution in [0.2, 0.25) is 0 Å². The van der Waals surface area contributed by atoms with Crippen LogP contribution in [0.1, 0.15) is 226 Å². The molecule has 0 aromatic heterocycles. The van der Waals surface area contributed by atoms with E-state index in [0.717, 1.165) is 70.6 Å². The minimum atomic E-state index is -0.834. The molecule has 0 fully saturated rings. The fraction of sp³-hybridized carbons (Fsp3) is 0.644. The Hall–Kier alpha value is -3.93. The van der Waals surface area contributed by atoms with Crippen LogP contribution in [0, 0.1) is 0 Å². The van der Waals surface area contributed by atoms with E-state index in [9.17, 15) is 14.4 Å². The lowest BCUT2D eigenvalue weighted by molar-refractivity contribution is -0.166. The summed E-state index contributed by atoms with van der Waals surface area (Å²) in [6, 6.07) is 0. The number of carbonyl (C=O) groups is 3. The first-order chi connectivity index (χ1) is 32.0. The molecule has 6 heteroatoms. The minimum absolute atomic E-state index is 0.135. The zero-order valence-corrected chi connectivity index (χ0v) is 42.0. The average Bonchev–Trinajstić information content (AvgIpc) is 3.30. The molecule has 0 aliphatic rings. The summed E-state index contributed by atoms with van der Waals surface area (Å²) in [5.74, 6) is -1.09. The smallest absolute Gasteiger partial charge is 0.306 e. The molecule has 0 aliphatic carbocycles. The Balaban J connectivity index is 4.57. The average molecular weight is 901 g/mol. The van der Waals surface area contributed by atoms with Crippen molar-refractivity contribution >= 4 is 17.9 Å². The van der Waals surface area contributed by atoms with Crippen molar-refractivity contribution < 1.29 is 28.6 Å². The maximum atomic E-state index is 12.8. The lowest BCUT2D eigenvalue weighted by Crippen LogP contribution is -2.30. The first-order valence-corrected chi connectivity index (χ1v) is 26.4. The highest BCUT2D eigenvalue weighted by molar-refractivity contribution is 5.71. The number of carbonyl (C=O) groups excluding carboxylic acids is 3. The normalized spacial score (nSPS) is 13.0. The van der Waals surface area contributed by atoms with Gasteiger partial charge in [-0.1, -0.05) is 214 Å². The van der Waals surface area contributed by atoms with Crippen LogP contribution in [0.3, 0.4) is 0 Å². The number of rotatable bonds is 46. The van der Waals surface area contributed by atoms with Crippen molar-refractivity contribution in [2.45, 2.75) is 232 Å². The lowest BCUT2D eigenvalue weighted by Gasteiger charge is -2.18. The van der Waals surface area contributed by atoms with Crippen LogP contribution >= 0.6 is 0 Å². The van der Waals surface area contributed by atoms with Crippen LogP contribution in [0.15, 0.2) is 109 Å². The molecule has 0 spiro atoms. The van der Waals surface area contributed by atoms with Crippen LogP contribution in [-0.2, 0) is 28.6 Å². The summed E-state index contributed by atoms with van der Waals surface area (Å²) >= 11 is 0. The highest BCUT2D eigenvalue weighted by Crippen LogP contribution is 2.13.